The van der Waals surface area contributed by atoms with Crippen LogP contribution in [0.1, 0.15) is 25.0 Å². The Morgan fingerprint density at radius 3 is 2.74 bits per heavy atom. The molecule has 2 aromatic rings. The van der Waals surface area contributed by atoms with E-state index in [4.69, 9.17) is 9.72 Å². The van der Waals surface area contributed by atoms with E-state index in [2.05, 4.69) is 32.1 Å². The topological polar surface area (TPSA) is 65.9 Å². The largest absolute Gasteiger partial charge is 0.436 e. The molecule has 3 heterocycles. The van der Waals surface area contributed by atoms with Crippen molar-refractivity contribution in [3.8, 4) is 11.6 Å². The predicted molar refractivity (Wildman–Crippen MR) is 134 cm³/mol. The molecule has 1 aliphatic carbocycles. The van der Waals surface area contributed by atoms with E-state index < -0.39 is 0 Å². The molecule has 176 valence electrons. The number of aromatic nitrogens is 2. The van der Waals surface area contributed by atoms with Crippen molar-refractivity contribution in [3.05, 3.63) is 64.5 Å². The number of hydrogen-bond acceptors (Lipinski definition) is 7. The van der Waals surface area contributed by atoms with Crippen LogP contribution in [-0.4, -0.2) is 60.5 Å². The van der Waals surface area contributed by atoms with Gasteiger partial charge < -0.3 is 19.9 Å². The second-order valence-corrected chi connectivity index (χ2v) is 8.94. The van der Waals surface area contributed by atoms with Crippen molar-refractivity contribution in [1.82, 2.24) is 14.9 Å². The molecule has 7 nitrogen and oxygen atoms in total. The van der Waals surface area contributed by atoms with E-state index in [1.807, 2.05) is 44.2 Å². The van der Waals surface area contributed by atoms with Crippen LogP contribution in [0.2, 0.25) is 0 Å². The Balaban J connectivity index is 1.45. The van der Waals surface area contributed by atoms with Gasteiger partial charge in [0, 0.05) is 37.8 Å². The van der Waals surface area contributed by atoms with Gasteiger partial charge in [0.2, 0.25) is 11.8 Å². The highest BCUT2D eigenvalue weighted by Crippen LogP contribution is 2.34. The molecule has 5 rings (SSSR count). The number of aliphatic imine (C=N–C) groups is 1. The summed E-state index contributed by atoms with van der Waals surface area (Å²) in [7, 11) is 2.11. The Hall–Kier alpha value is -3.52. The lowest BCUT2D eigenvalue weighted by Gasteiger charge is -2.33. The first-order valence-corrected chi connectivity index (χ1v) is 11.6. The number of rotatable bonds is 5. The van der Waals surface area contributed by atoms with Gasteiger partial charge in [0.1, 0.15) is 11.7 Å². The molecule has 1 fully saturated rings. The van der Waals surface area contributed by atoms with Gasteiger partial charge in [-0.2, -0.15) is 9.97 Å². The summed E-state index contributed by atoms with van der Waals surface area (Å²) < 4.78 is 21.2. The van der Waals surface area contributed by atoms with E-state index in [0.29, 0.717) is 29.8 Å². The SMILES string of the molecule is C/C=C/C1=CC(Nc2nc(Oc3ccc4c(c3F)C=C(C)C4)cc(N3CCN(C)CC3)n2)=NC1. The summed E-state index contributed by atoms with van der Waals surface area (Å²) in [4.78, 5) is 18.2. The molecule has 1 saturated heterocycles. The normalized spacial score (nSPS) is 18.1. The maximum Gasteiger partial charge on any atom is 0.233 e. The summed E-state index contributed by atoms with van der Waals surface area (Å²) in [5.74, 6) is 1.91. The third-order valence-corrected chi connectivity index (χ3v) is 6.20. The lowest BCUT2D eigenvalue weighted by atomic mass is 10.1. The zero-order valence-corrected chi connectivity index (χ0v) is 19.8. The minimum atomic E-state index is -0.359. The molecule has 3 aliphatic rings. The quantitative estimate of drug-likeness (QED) is 0.712. The zero-order valence-electron chi connectivity index (χ0n) is 19.8. The monoisotopic (exact) mass is 460 g/mol. The molecular weight excluding hydrogens is 431 g/mol. The highest BCUT2D eigenvalue weighted by Gasteiger charge is 2.21. The molecule has 0 atom stereocenters. The van der Waals surface area contributed by atoms with Crippen molar-refractivity contribution < 1.29 is 9.13 Å². The van der Waals surface area contributed by atoms with E-state index in [1.54, 1.807) is 12.1 Å². The minimum Gasteiger partial charge on any atom is -0.436 e. The van der Waals surface area contributed by atoms with E-state index in [-0.39, 0.29) is 11.6 Å². The van der Waals surface area contributed by atoms with Crippen molar-refractivity contribution in [2.75, 3.05) is 50.0 Å². The lowest BCUT2D eigenvalue weighted by molar-refractivity contribution is 0.312. The van der Waals surface area contributed by atoms with Crippen molar-refractivity contribution in [2.45, 2.75) is 20.3 Å². The highest BCUT2D eigenvalue weighted by molar-refractivity contribution is 6.05. The first kappa shape index (κ1) is 22.3. The number of likely N-dealkylation sites (N-methyl/N-ethyl adjacent to an activating group) is 1. The Labute approximate surface area is 199 Å². The maximum absolute atomic E-state index is 15.2. The summed E-state index contributed by atoms with van der Waals surface area (Å²) in [6.45, 7) is 8.17. The smallest absolute Gasteiger partial charge is 0.233 e. The van der Waals surface area contributed by atoms with Gasteiger partial charge in [-0.15, -0.1) is 0 Å². The van der Waals surface area contributed by atoms with Gasteiger partial charge in [-0.25, -0.2) is 4.39 Å². The Kier molecular flexibility index (Phi) is 6.15. The molecule has 34 heavy (non-hydrogen) atoms. The van der Waals surface area contributed by atoms with Crippen molar-refractivity contribution in [3.63, 3.8) is 0 Å². The fourth-order valence-electron chi connectivity index (χ4n) is 4.38. The number of hydrogen-bond donors (Lipinski definition) is 1. The molecule has 1 aromatic heterocycles. The summed E-state index contributed by atoms with van der Waals surface area (Å²) in [6, 6.07) is 5.38. The van der Waals surface area contributed by atoms with E-state index in [1.165, 1.54) is 0 Å². The zero-order chi connectivity index (χ0) is 23.7. The van der Waals surface area contributed by atoms with E-state index >= 15 is 4.39 Å². The summed E-state index contributed by atoms with van der Waals surface area (Å²) >= 11 is 0. The second-order valence-electron chi connectivity index (χ2n) is 8.94. The third kappa shape index (κ3) is 4.72. The molecule has 0 spiro atoms. The van der Waals surface area contributed by atoms with Crippen LogP contribution in [0.5, 0.6) is 11.6 Å². The van der Waals surface area contributed by atoms with Crippen molar-refractivity contribution >= 4 is 23.7 Å². The van der Waals surface area contributed by atoms with Crippen LogP contribution < -0.4 is 15.0 Å². The number of halogens is 1. The van der Waals surface area contributed by atoms with Crippen LogP contribution in [0, 0.1) is 5.82 Å². The van der Waals surface area contributed by atoms with Crippen LogP contribution in [-0.2, 0) is 6.42 Å². The van der Waals surface area contributed by atoms with Gasteiger partial charge in [0.15, 0.2) is 11.6 Å². The molecule has 8 heteroatoms. The first-order chi connectivity index (χ1) is 16.5. The lowest BCUT2D eigenvalue weighted by Crippen LogP contribution is -2.44. The molecule has 1 N–H and O–H groups in total. The van der Waals surface area contributed by atoms with Crippen LogP contribution in [0.15, 0.2) is 52.6 Å². The number of fused-ring (bicyclic) bond motifs is 1. The standard InChI is InChI=1S/C26H29FN6O/c1-4-5-18-14-22(28-16-18)29-26-30-23(33-10-8-32(3)9-11-33)15-24(31-26)34-21-7-6-19-12-17(2)13-20(19)25(21)27/h4-7,13-15H,8-12,16H2,1-3H3,(H,28,29,30,31)/b5-4+. The van der Waals surface area contributed by atoms with Gasteiger partial charge in [-0.05, 0) is 50.6 Å². The van der Waals surface area contributed by atoms with Gasteiger partial charge in [0.05, 0.1) is 6.54 Å². The van der Waals surface area contributed by atoms with E-state index in [0.717, 1.165) is 55.1 Å². The number of amidine groups is 1. The number of nitrogens with zero attached hydrogens (tertiary/aromatic N) is 5. The van der Waals surface area contributed by atoms with Crippen LogP contribution >= 0.6 is 0 Å². The maximum atomic E-state index is 15.2. The summed E-state index contributed by atoms with van der Waals surface area (Å²) in [5.41, 5.74) is 3.83. The summed E-state index contributed by atoms with van der Waals surface area (Å²) in [6.07, 6.45) is 8.64. The molecule has 2 aliphatic heterocycles. The fourth-order valence-corrected chi connectivity index (χ4v) is 4.38. The number of allylic oxidation sites excluding steroid dienone is 2. The molecule has 0 saturated carbocycles. The van der Waals surface area contributed by atoms with Crippen LogP contribution in [0.4, 0.5) is 16.2 Å². The van der Waals surface area contributed by atoms with Gasteiger partial charge in [0.25, 0.3) is 0 Å². The van der Waals surface area contributed by atoms with Crippen LogP contribution in [0.25, 0.3) is 6.08 Å². The summed E-state index contributed by atoms with van der Waals surface area (Å²) in [5, 5.41) is 3.20. The van der Waals surface area contributed by atoms with Gasteiger partial charge in [-0.1, -0.05) is 29.9 Å². The molecule has 0 unspecified atom stereocenters. The van der Waals surface area contributed by atoms with Crippen molar-refractivity contribution in [2.24, 2.45) is 4.99 Å². The number of ether oxygens (including phenoxy) is 1. The Morgan fingerprint density at radius 1 is 1.12 bits per heavy atom. The molecular formula is C26H29FN6O. The number of benzene rings is 1. The second kappa shape index (κ2) is 9.38. The van der Waals surface area contributed by atoms with Gasteiger partial charge >= 0.3 is 0 Å². The highest BCUT2D eigenvalue weighted by atomic mass is 19.1. The average molecular weight is 461 g/mol. The van der Waals surface area contributed by atoms with E-state index in [9.17, 15) is 0 Å². The Bertz CT molecular complexity index is 1220. The average Bonchev–Trinajstić information content (AvgIpc) is 3.42. The van der Waals surface area contributed by atoms with Crippen molar-refractivity contribution in [1.29, 1.82) is 0 Å². The molecule has 1 aromatic carbocycles. The fraction of sp³-hybridized carbons (Fsp3) is 0.346. The number of nitrogens with one attached hydrogen (secondary N) is 1. The van der Waals surface area contributed by atoms with Gasteiger partial charge in [-0.3, -0.25) is 4.99 Å². The molecule has 0 radical (unpaired) electrons. The molecule has 0 bridgehead atoms. The first-order valence-electron chi connectivity index (χ1n) is 11.6. The Morgan fingerprint density at radius 2 is 1.94 bits per heavy atom. The number of anilines is 2. The third-order valence-electron chi connectivity index (χ3n) is 6.20. The molecule has 0 amide bonds. The number of piperazine rings is 1. The predicted octanol–water partition coefficient (Wildman–Crippen LogP) is 4.45. The minimum absolute atomic E-state index is 0.159. The van der Waals surface area contributed by atoms with Crippen LogP contribution in [0.3, 0.4) is 0 Å².